The van der Waals surface area contributed by atoms with Crippen molar-refractivity contribution in [3.63, 3.8) is 0 Å². The molecular weight excluding hydrogens is 396 g/mol. The van der Waals surface area contributed by atoms with Crippen molar-refractivity contribution < 1.29 is 14.6 Å². The predicted molar refractivity (Wildman–Crippen MR) is 120 cm³/mol. The molecule has 2 aromatic carbocycles. The number of nitrogens with zero attached hydrogens (tertiary/aromatic N) is 2. The van der Waals surface area contributed by atoms with Crippen molar-refractivity contribution in [1.82, 2.24) is 9.80 Å². The van der Waals surface area contributed by atoms with Crippen molar-refractivity contribution in [1.29, 1.82) is 0 Å². The number of aliphatic hydroxyl groups excluding tert-OH is 1. The van der Waals surface area contributed by atoms with Crippen LogP contribution in [0.1, 0.15) is 9.67 Å². The van der Waals surface area contributed by atoms with E-state index >= 15 is 0 Å². The van der Waals surface area contributed by atoms with Crippen LogP contribution in [0.15, 0.2) is 72.1 Å². The van der Waals surface area contributed by atoms with Crippen LogP contribution in [0.25, 0.3) is 11.1 Å². The molecule has 30 heavy (non-hydrogen) atoms. The minimum absolute atomic E-state index is 0.104. The van der Waals surface area contributed by atoms with E-state index in [0.29, 0.717) is 19.6 Å². The molecule has 1 amide bonds. The standard InChI is InChI=1S/C24H26N2O3S/c27-21(17-25-12-14-26(15-13-25)24(28)23-7-4-16-30-23)18-29-22-10-8-20(9-11-22)19-5-2-1-3-6-19/h1-11,16,21,27H,12-15,17-18H2. The van der Waals surface area contributed by atoms with Crippen LogP contribution >= 0.6 is 11.3 Å². The summed E-state index contributed by atoms with van der Waals surface area (Å²) in [6, 6.07) is 21.9. The smallest absolute Gasteiger partial charge is 0.264 e. The van der Waals surface area contributed by atoms with Gasteiger partial charge in [0.2, 0.25) is 0 Å². The van der Waals surface area contributed by atoms with Crippen molar-refractivity contribution in [2.75, 3.05) is 39.3 Å². The first-order valence-corrected chi connectivity index (χ1v) is 11.1. The molecule has 6 heteroatoms. The molecule has 1 atom stereocenters. The van der Waals surface area contributed by atoms with E-state index in [1.54, 1.807) is 0 Å². The molecular formula is C24H26N2O3S. The van der Waals surface area contributed by atoms with E-state index in [1.165, 1.54) is 16.9 Å². The average Bonchev–Trinajstić information content (AvgIpc) is 3.34. The number of hydrogen-bond donors (Lipinski definition) is 1. The van der Waals surface area contributed by atoms with Gasteiger partial charge in [0.1, 0.15) is 18.5 Å². The molecule has 3 aromatic rings. The molecule has 1 fully saturated rings. The summed E-state index contributed by atoms with van der Waals surface area (Å²) in [5.74, 6) is 0.854. The highest BCUT2D eigenvalue weighted by Gasteiger charge is 2.24. The molecule has 0 aliphatic carbocycles. The Labute approximate surface area is 181 Å². The Morgan fingerprint density at radius 1 is 0.933 bits per heavy atom. The topological polar surface area (TPSA) is 53.0 Å². The van der Waals surface area contributed by atoms with Gasteiger partial charge in [-0.3, -0.25) is 9.69 Å². The third kappa shape index (κ3) is 5.27. The summed E-state index contributed by atoms with van der Waals surface area (Å²) in [6.45, 7) is 3.69. The Hall–Kier alpha value is -2.67. The van der Waals surface area contributed by atoms with Gasteiger partial charge in [0.05, 0.1) is 4.88 Å². The number of carbonyl (C=O) groups is 1. The van der Waals surface area contributed by atoms with Gasteiger partial charge in [0, 0.05) is 32.7 Å². The fourth-order valence-corrected chi connectivity index (χ4v) is 4.30. The molecule has 1 aliphatic heterocycles. The van der Waals surface area contributed by atoms with Gasteiger partial charge >= 0.3 is 0 Å². The molecule has 0 radical (unpaired) electrons. The lowest BCUT2D eigenvalue weighted by Gasteiger charge is -2.35. The maximum absolute atomic E-state index is 12.4. The average molecular weight is 423 g/mol. The number of amides is 1. The zero-order chi connectivity index (χ0) is 20.8. The molecule has 2 heterocycles. The zero-order valence-electron chi connectivity index (χ0n) is 16.8. The summed E-state index contributed by atoms with van der Waals surface area (Å²) >= 11 is 1.48. The van der Waals surface area contributed by atoms with Crippen LogP contribution in [0.5, 0.6) is 5.75 Å². The lowest BCUT2D eigenvalue weighted by Crippen LogP contribution is -2.50. The van der Waals surface area contributed by atoms with E-state index < -0.39 is 6.10 Å². The van der Waals surface area contributed by atoms with Crippen molar-refractivity contribution in [2.24, 2.45) is 0 Å². The van der Waals surface area contributed by atoms with Crippen LogP contribution in [0.4, 0.5) is 0 Å². The van der Waals surface area contributed by atoms with Crippen molar-refractivity contribution >= 4 is 17.2 Å². The van der Waals surface area contributed by atoms with Crippen molar-refractivity contribution in [3.8, 4) is 16.9 Å². The first-order chi connectivity index (χ1) is 14.7. The second kappa shape index (κ2) is 9.89. The van der Waals surface area contributed by atoms with E-state index in [4.69, 9.17) is 4.74 Å². The highest BCUT2D eigenvalue weighted by molar-refractivity contribution is 7.12. The number of thiophene rings is 1. The molecule has 5 nitrogen and oxygen atoms in total. The summed E-state index contributed by atoms with van der Waals surface area (Å²) in [7, 11) is 0. The Morgan fingerprint density at radius 3 is 2.30 bits per heavy atom. The van der Waals surface area contributed by atoms with Crippen molar-refractivity contribution in [2.45, 2.75) is 6.10 Å². The minimum atomic E-state index is -0.571. The Morgan fingerprint density at radius 2 is 1.63 bits per heavy atom. The molecule has 4 rings (SSSR count). The predicted octanol–water partition coefficient (Wildman–Crippen LogP) is 3.61. The molecule has 0 bridgehead atoms. The fraction of sp³-hybridized carbons (Fsp3) is 0.292. The van der Waals surface area contributed by atoms with Crippen LogP contribution in [0.2, 0.25) is 0 Å². The van der Waals surface area contributed by atoms with Crippen LogP contribution in [0, 0.1) is 0 Å². The number of hydrogen-bond acceptors (Lipinski definition) is 5. The Balaban J connectivity index is 1.20. The van der Waals surface area contributed by atoms with E-state index in [1.807, 2.05) is 64.9 Å². The number of ether oxygens (including phenoxy) is 1. The minimum Gasteiger partial charge on any atom is -0.491 e. The molecule has 0 spiro atoms. The summed E-state index contributed by atoms with van der Waals surface area (Å²) in [6.07, 6.45) is -0.571. The number of piperazine rings is 1. The number of aliphatic hydroxyl groups is 1. The summed E-state index contributed by atoms with van der Waals surface area (Å²) in [5, 5.41) is 12.3. The second-order valence-corrected chi connectivity index (χ2v) is 8.37. The summed E-state index contributed by atoms with van der Waals surface area (Å²) in [4.78, 5) is 17.3. The Kier molecular flexibility index (Phi) is 6.79. The van der Waals surface area contributed by atoms with Crippen LogP contribution in [-0.2, 0) is 0 Å². The van der Waals surface area contributed by atoms with Gasteiger partial charge in [-0.2, -0.15) is 0 Å². The van der Waals surface area contributed by atoms with Crippen molar-refractivity contribution in [3.05, 3.63) is 77.0 Å². The monoisotopic (exact) mass is 422 g/mol. The number of carbonyl (C=O) groups excluding carboxylic acids is 1. The second-order valence-electron chi connectivity index (χ2n) is 7.43. The van der Waals surface area contributed by atoms with Gasteiger partial charge in [-0.15, -0.1) is 11.3 Å². The molecule has 1 N–H and O–H groups in total. The van der Waals surface area contributed by atoms with Gasteiger partial charge in [-0.1, -0.05) is 48.5 Å². The summed E-state index contributed by atoms with van der Waals surface area (Å²) in [5.41, 5.74) is 2.30. The van der Waals surface area contributed by atoms with Gasteiger partial charge in [0.25, 0.3) is 5.91 Å². The number of benzene rings is 2. The molecule has 1 saturated heterocycles. The number of β-amino-alcohol motifs (C(OH)–C–C–N with tert-alkyl or cyclic N) is 1. The van der Waals surface area contributed by atoms with E-state index in [0.717, 1.165) is 29.3 Å². The van der Waals surface area contributed by atoms with E-state index in [-0.39, 0.29) is 12.5 Å². The van der Waals surface area contributed by atoms with Gasteiger partial charge < -0.3 is 14.7 Å². The third-order valence-corrected chi connectivity index (χ3v) is 6.12. The van der Waals surface area contributed by atoms with E-state index in [2.05, 4.69) is 17.0 Å². The Bertz CT molecular complexity index is 921. The molecule has 1 unspecified atom stereocenters. The molecule has 1 aromatic heterocycles. The maximum Gasteiger partial charge on any atom is 0.264 e. The highest BCUT2D eigenvalue weighted by Crippen LogP contribution is 2.22. The normalized spacial score (nSPS) is 15.7. The van der Waals surface area contributed by atoms with Crippen LogP contribution in [0.3, 0.4) is 0 Å². The van der Waals surface area contributed by atoms with Gasteiger partial charge in [-0.25, -0.2) is 0 Å². The van der Waals surface area contributed by atoms with E-state index in [9.17, 15) is 9.90 Å². The first-order valence-electron chi connectivity index (χ1n) is 10.2. The van der Waals surface area contributed by atoms with Crippen LogP contribution in [-0.4, -0.2) is 66.2 Å². The summed E-state index contributed by atoms with van der Waals surface area (Å²) < 4.78 is 5.77. The van der Waals surface area contributed by atoms with Crippen LogP contribution < -0.4 is 4.74 Å². The van der Waals surface area contributed by atoms with Gasteiger partial charge in [0.15, 0.2) is 0 Å². The molecule has 1 aliphatic rings. The lowest BCUT2D eigenvalue weighted by molar-refractivity contribution is 0.0406. The number of rotatable bonds is 7. The lowest BCUT2D eigenvalue weighted by atomic mass is 10.1. The fourth-order valence-electron chi connectivity index (χ4n) is 3.61. The van der Waals surface area contributed by atoms with Gasteiger partial charge in [-0.05, 0) is 34.7 Å². The quantitative estimate of drug-likeness (QED) is 0.632. The highest BCUT2D eigenvalue weighted by atomic mass is 32.1. The first kappa shape index (κ1) is 20.6. The zero-order valence-corrected chi connectivity index (χ0v) is 17.6. The molecule has 156 valence electrons. The third-order valence-electron chi connectivity index (χ3n) is 5.26. The molecule has 0 saturated carbocycles. The largest absolute Gasteiger partial charge is 0.491 e. The SMILES string of the molecule is O=C(c1cccs1)N1CCN(CC(O)COc2ccc(-c3ccccc3)cc2)CC1. The maximum atomic E-state index is 12.4.